The van der Waals surface area contributed by atoms with Gasteiger partial charge >= 0.3 is 0 Å². The fourth-order valence-electron chi connectivity index (χ4n) is 3.51. The number of likely N-dealkylation sites (tertiary alicyclic amines) is 1. The maximum atomic E-state index is 12.5. The van der Waals surface area contributed by atoms with Crippen LogP contribution in [-0.4, -0.2) is 28.4 Å². The quantitative estimate of drug-likeness (QED) is 0.711. The molecule has 1 fully saturated rings. The third-order valence-corrected chi connectivity index (χ3v) is 4.97. The van der Waals surface area contributed by atoms with Crippen molar-refractivity contribution >= 4 is 17.0 Å². The van der Waals surface area contributed by atoms with E-state index in [1.54, 1.807) is 0 Å². The molecule has 0 saturated carbocycles. The third kappa shape index (κ3) is 3.29. The molecule has 1 aliphatic heterocycles. The zero-order valence-corrected chi connectivity index (χ0v) is 14.4. The maximum absolute atomic E-state index is 12.5. The molecule has 4 heteroatoms. The normalized spacial score (nSPS) is 17.8. The number of fused-ring (bicyclic) bond motifs is 1. The van der Waals surface area contributed by atoms with Crippen molar-refractivity contribution in [2.24, 2.45) is 0 Å². The summed E-state index contributed by atoms with van der Waals surface area (Å²) >= 11 is 0. The van der Waals surface area contributed by atoms with Gasteiger partial charge in [-0.1, -0.05) is 24.3 Å². The number of benzene rings is 2. The highest BCUT2D eigenvalue weighted by atomic mass is 16.3. The van der Waals surface area contributed by atoms with Gasteiger partial charge in [0.1, 0.15) is 5.52 Å². The van der Waals surface area contributed by atoms with Gasteiger partial charge in [-0.15, -0.1) is 0 Å². The van der Waals surface area contributed by atoms with E-state index in [4.69, 9.17) is 4.42 Å². The molecule has 0 N–H and O–H groups in total. The van der Waals surface area contributed by atoms with Crippen LogP contribution in [-0.2, 0) is 11.2 Å². The molecule has 4 rings (SSSR count). The van der Waals surface area contributed by atoms with Gasteiger partial charge < -0.3 is 9.32 Å². The number of nitrogens with zero attached hydrogens (tertiary/aromatic N) is 2. The van der Waals surface area contributed by atoms with E-state index in [0.29, 0.717) is 18.4 Å². The lowest BCUT2D eigenvalue weighted by molar-refractivity contribution is -0.133. The van der Waals surface area contributed by atoms with E-state index in [1.165, 1.54) is 6.42 Å². The molecule has 0 spiro atoms. The van der Waals surface area contributed by atoms with E-state index in [0.717, 1.165) is 41.6 Å². The Morgan fingerprint density at radius 2 is 1.96 bits per heavy atom. The van der Waals surface area contributed by atoms with Crippen LogP contribution in [0.5, 0.6) is 0 Å². The Balaban J connectivity index is 1.49. The van der Waals surface area contributed by atoms with E-state index in [9.17, 15) is 4.79 Å². The highest BCUT2D eigenvalue weighted by molar-refractivity contribution is 5.79. The van der Waals surface area contributed by atoms with Gasteiger partial charge in [-0.25, -0.2) is 4.98 Å². The van der Waals surface area contributed by atoms with Crippen molar-refractivity contribution in [3.05, 3.63) is 54.1 Å². The van der Waals surface area contributed by atoms with Gasteiger partial charge in [0.25, 0.3) is 0 Å². The fraction of sp³-hybridized carbons (Fsp3) is 0.333. The van der Waals surface area contributed by atoms with Gasteiger partial charge in [-0.3, -0.25) is 4.79 Å². The lowest BCUT2D eigenvalue weighted by Gasteiger charge is -2.33. The smallest absolute Gasteiger partial charge is 0.227 e. The van der Waals surface area contributed by atoms with Crippen LogP contribution in [0.15, 0.2) is 52.9 Å². The largest absolute Gasteiger partial charge is 0.436 e. The maximum Gasteiger partial charge on any atom is 0.227 e. The summed E-state index contributed by atoms with van der Waals surface area (Å²) in [5.74, 6) is 0.838. The molecule has 0 radical (unpaired) electrons. The van der Waals surface area contributed by atoms with Crippen LogP contribution in [0.1, 0.15) is 31.7 Å². The third-order valence-electron chi connectivity index (χ3n) is 4.97. The van der Waals surface area contributed by atoms with Crippen LogP contribution >= 0.6 is 0 Å². The van der Waals surface area contributed by atoms with E-state index in [-0.39, 0.29) is 5.91 Å². The fourth-order valence-corrected chi connectivity index (χ4v) is 3.51. The molecule has 128 valence electrons. The Labute approximate surface area is 147 Å². The molecule has 2 aromatic carbocycles. The molecule has 2 heterocycles. The lowest BCUT2D eigenvalue weighted by atomic mass is 10.0. The minimum atomic E-state index is 0.224. The molecular formula is C21H22N2O2. The molecule has 1 atom stereocenters. The molecule has 1 amide bonds. The van der Waals surface area contributed by atoms with Crippen molar-refractivity contribution in [1.29, 1.82) is 0 Å². The Bertz CT molecular complexity index is 849. The van der Waals surface area contributed by atoms with Crippen LogP contribution < -0.4 is 0 Å². The number of rotatable bonds is 3. The molecule has 0 aliphatic carbocycles. The number of carbonyl (C=O) groups excluding carboxylic acids is 1. The predicted octanol–water partition coefficient (Wildman–Crippen LogP) is 4.44. The molecule has 3 aromatic rings. The number of carbonyl (C=O) groups is 1. The number of para-hydroxylation sites is 2. The predicted molar refractivity (Wildman–Crippen MR) is 98.2 cm³/mol. The van der Waals surface area contributed by atoms with Crippen molar-refractivity contribution in [2.45, 2.75) is 38.6 Å². The Morgan fingerprint density at radius 1 is 1.16 bits per heavy atom. The van der Waals surface area contributed by atoms with Gasteiger partial charge in [0, 0.05) is 18.2 Å². The highest BCUT2D eigenvalue weighted by Gasteiger charge is 2.23. The first-order valence-corrected chi connectivity index (χ1v) is 8.95. The van der Waals surface area contributed by atoms with Crippen molar-refractivity contribution in [1.82, 2.24) is 9.88 Å². The summed E-state index contributed by atoms with van der Waals surface area (Å²) in [5.41, 5.74) is 3.60. The summed E-state index contributed by atoms with van der Waals surface area (Å²) in [6.07, 6.45) is 3.91. The number of aromatic nitrogens is 1. The Kier molecular flexibility index (Phi) is 4.26. The molecule has 0 unspecified atom stereocenters. The average Bonchev–Trinajstić information content (AvgIpc) is 3.07. The van der Waals surface area contributed by atoms with Gasteiger partial charge in [0.15, 0.2) is 5.58 Å². The summed E-state index contributed by atoms with van der Waals surface area (Å²) < 4.78 is 5.80. The molecule has 4 nitrogen and oxygen atoms in total. The highest BCUT2D eigenvalue weighted by Crippen LogP contribution is 2.25. The van der Waals surface area contributed by atoms with E-state index in [2.05, 4.69) is 11.9 Å². The molecule has 1 aliphatic rings. The topological polar surface area (TPSA) is 46.3 Å². The van der Waals surface area contributed by atoms with Crippen LogP contribution in [0.3, 0.4) is 0 Å². The monoisotopic (exact) mass is 334 g/mol. The molecular weight excluding hydrogens is 312 g/mol. The molecule has 0 bridgehead atoms. The Hall–Kier alpha value is -2.62. The van der Waals surface area contributed by atoms with Crippen molar-refractivity contribution in [3.8, 4) is 11.5 Å². The van der Waals surface area contributed by atoms with Gasteiger partial charge in [0.05, 0.1) is 6.42 Å². The standard InChI is InChI=1S/C21H22N2O2/c1-15-6-4-5-13-23(15)20(24)14-16-9-11-17(12-10-16)21-22-18-7-2-3-8-19(18)25-21/h2-3,7-12,15H,4-6,13-14H2,1H3/t15-/m0/s1. The Morgan fingerprint density at radius 3 is 2.72 bits per heavy atom. The lowest BCUT2D eigenvalue weighted by Crippen LogP contribution is -2.42. The van der Waals surface area contributed by atoms with Gasteiger partial charge in [0.2, 0.25) is 11.8 Å². The minimum Gasteiger partial charge on any atom is -0.436 e. The zero-order valence-electron chi connectivity index (χ0n) is 14.4. The number of hydrogen-bond donors (Lipinski definition) is 0. The average molecular weight is 334 g/mol. The SMILES string of the molecule is C[C@H]1CCCCN1C(=O)Cc1ccc(-c2nc3ccccc3o2)cc1. The summed E-state index contributed by atoms with van der Waals surface area (Å²) in [6.45, 7) is 3.04. The number of hydrogen-bond acceptors (Lipinski definition) is 3. The van der Waals surface area contributed by atoms with Gasteiger partial charge in [-0.2, -0.15) is 0 Å². The first-order valence-electron chi connectivity index (χ1n) is 8.95. The summed E-state index contributed by atoms with van der Waals surface area (Å²) in [5, 5.41) is 0. The number of oxazole rings is 1. The second kappa shape index (κ2) is 6.71. The second-order valence-corrected chi connectivity index (χ2v) is 6.79. The minimum absolute atomic E-state index is 0.224. The van der Waals surface area contributed by atoms with Crippen molar-refractivity contribution in [3.63, 3.8) is 0 Å². The number of piperidine rings is 1. The zero-order chi connectivity index (χ0) is 17.2. The molecule has 1 aromatic heterocycles. The second-order valence-electron chi connectivity index (χ2n) is 6.79. The van der Waals surface area contributed by atoms with E-state index >= 15 is 0 Å². The van der Waals surface area contributed by atoms with Crippen LogP contribution in [0.25, 0.3) is 22.6 Å². The summed E-state index contributed by atoms with van der Waals surface area (Å²) in [7, 11) is 0. The van der Waals surface area contributed by atoms with Crippen LogP contribution in [0.4, 0.5) is 0 Å². The molecule has 1 saturated heterocycles. The van der Waals surface area contributed by atoms with E-state index in [1.807, 2.05) is 53.4 Å². The van der Waals surface area contributed by atoms with Crippen molar-refractivity contribution in [2.75, 3.05) is 6.54 Å². The first-order chi connectivity index (χ1) is 12.2. The number of amides is 1. The van der Waals surface area contributed by atoms with Crippen LogP contribution in [0.2, 0.25) is 0 Å². The van der Waals surface area contributed by atoms with Crippen LogP contribution in [0, 0.1) is 0 Å². The summed E-state index contributed by atoms with van der Waals surface area (Å²) in [6, 6.07) is 16.1. The van der Waals surface area contributed by atoms with Gasteiger partial charge in [-0.05, 0) is 56.0 Å². The summed E-state index contributed by atoms with van der Waals surface area (Å²) in [4.78, 5) is 19.1. The van der Waals surface area contributed by atoms with Crippen molar-refractivity contribution < 1.29 is 9.21 Å². The van der Waals surface area contributed by atoms with E-state index < -0.39 is 0 Å². The first kappa shape index (κ1) is 15.9. The molecule has 25 heavy (non-hydrogen) atoms.